The smallest absolute Gasteiger partial charge is 0.325 e. The molecule has 0 aromatic heterocycles. The van der Waals surface area contributed by atoms with Crippen LogP contribution in [0.15, 0.2) is 18.2 Å². The van der Waals surface area contributed by atoms with Crippen LogP contribution in [0.5, 0.6) is 5.75 Å². The zero-order chi connectivity index (χ0) is 10.0. The Bertz CT molecular complexity index is 325. The molecule has 0 radical (unpaired) electrons. The number of aliphatic carboxylic acids is 1. The van der Waals surface area contributed by atoms with Gasteiger partial charge in [0.2, 0.25) is 0 Å². The minimum Gasteiger partial charge on any atom is -0.508 e. The predicted molar refractivity (Wildman–Crippen MR) is 49.9 cm³/mol. The Kier molecular flexibility index (Phi) is 4.33. The van der Waals surface area contributed by atoms with E-state index in [1.54, 1.807) is 0 Å². The van der Waals surface area contributed by atoms with E-state index in [0.717, 1.165) is 18.2 Å². The van der Waals surface area contributed by atoms with Crippen molar-refractivity contribution in [1.29, 1.82) is 0 Å². The molecule has 0 bridgehead atoms. The van der Waals surface area contributed by atoms with E-state index >= 15 is 0 Å². The number of phenols is 1. The van der Waals surface area contributed by atoms with Gasteiger partial charge in [-0.1, -0.05) is 0 Å². The standard InChI is InChI=1S/C8H8FNO3.ClH/c9-5-1-4(2-6(11)3-5)7(10)8(12)13;/h1-3,7,11H,10H2,(H,12,13);1H/t7-;/m0./s1. The van der Waals surface area contributed by atoms with Gasteiger partial charge in [0.25, 0.3) is 0 Å². The summed E-state index contributed by atoms with van der Waals surface area (Å²) < 4.78 is 12.6. The fourth-order valence-corrected chi connectivity index (χ4v) is 0.918. The molecule has 1 atom stereocenters. The van der Waals surface area contributed by atoms with Gasteiger partial charge in [0, 0.05) is 6.07 Å². The summed E-state index contributed by atoms with van der Waals surface area (Å²) in [6, 6.07) is 1.64. The number of phenolic OH excluding ortho intramolecular Hbond substituents is 1. The summed E-state index contributed by atoms with van der Waals surface area (Å²) in [7, 11) is 0. The number of carboxylic acids is 1. The van der Waals surface area contributed by atoms with Crippen LogP contribution in [-0.4, -0.2) is 16.2 Å². The Labute approximate surface area is 85.6 Å². The Morgan fingerprint density at radius 2 is 2.00 bits per heavy atom. The van der Waals surface area contributed by atoms with Gasteiger partial charge in [-0.25, -0.2) is 4.39 Å². The summed E-state index contributed by atoms with van der Waals surface area (Å²) in [5.74, 6) is -2.33. The number of carbonyl (C=O) groups is 1. The van der Waals surface area contributed by atoms with Gasteiger partial charge in [0.05, 0.1) is 0 Å². The molecular formula is C8H9ClFNO3. The van der Waals surface area contributed by atoms with E-state index in [1.165, 1.54) is 0 Å². The average Bonchev–Trinajstić information content (AvgIpc) is 2.01. The number of hydrogen-bond acceptors (Lipinski definition) is 3. The highest BCUT2D eigenvalue weighted by molar-refractivity contribution is 5.85. The van der Waals surface area contributed by atoms with E-state index in [1.807, 2.05) is 0 Å². The first-order valence-electron chi connectivity index (χ1n) is 3.48. The van der Waals surface area contributed by atoms with Crippen molar-refractivity contribution in [2.75, 3.05) is 0 Å². The largest absolute Gasteiger partial charge is 0.508 e. The molecule has 0 heterocycles. The first kappa shape index (κ1) is 12.7. The molecule has 1 aromatic carbocycles. The van der Waals surface area contributed by atoms with E-state index in [2.05, 4.69) is 0 Å². The van der Waals surface area contributed by atoms with Crippen molar-refractivity contribution >= 4 is 18.4 Å². The highest BCUT2D eigenvalue weighted by Gasteiger charge is 2.15. The van der Waals surface area contributed by atoms with E-state index in [-0.39, 0.29) is 23.7 Å². The topological polar surface area (TPSA) is 83.6 Å². The third-order valence-electron chi connectivity index (χ3n) is 1.53. The molecule has 4 nitrogen and oxygen atoms in total. The molecule has 78 valence electrons. The van der Waals surface area contributed by atoms with Crippen LogP contribution in [0.3, 0.4) is 0 Å². The van der Waals surface area contributed by atoms with Gasteiger partial charge in [-0.3, -0.25) is 4.79 Å². The second kappa shape index (κ2) is 4.78. The third-order valence-corrected chi connectivity index (χ3v) is 1.53. The van der Waals surface area contributed by atoms with E-state index < -0.39 is 17.8 Å². The summed E-state index contributed by atoms with van der Waals surface area (Å²) >= 11 is 0. The number of benzene rings is 1. The number of nitrogens with two attached hydrogens (primary N) is 1. The predicted octanol–water partition coefficient (Wildman–Crippen LogP) is 1.04. The Hall–Kier alpha value is -1.33. The maximum absolute atomic E-state index is 12.6. The lowest BCUT2D eigenvalue weighted by molar-refractivity contribution is -0.138. The molecule has 0 saturated heterocycles. The second-order valence-corrected chi connectivity index (χ2v) is 2.56. The highest BCUT2D eigenvalue weighted by atomic mass is 35.5. The molecule has 14 heavy (non-hydrogen) atoms. The van der Waals surface area contributed by atoms with E-state index in [4.69, 9.17) is 15.9 Å². The second-order valence-electron chi connectivity index (χ2n) is 2.56. The van der Waals surface area contributed by atoms with Crippen molar-refractivity contribution in [3.8, 4) is 5.75 Å². The first-order valence-corrected chi connectivity index (χ1v) is 3.48. The first-order chi connectivity index (χ1) is 6.00. The van der Waals surface area contributed by atoms with E-state index in [0.29, 0.717) is 0 Å². The summed E-state index contributed by atoms with van der Waals surface area (Å²) in [4.78, 5) is 10.4. The van der Waals surface area contributed by atoms with Crippen LogP contribution in [0.2, 0.25) is 0 Å². The van der Waals surface area contributed by atoms with Crippen LogP contribution in [0.25, 0.3) is 0 Å². The number of aromatic hydroxyl groups is 1. The Morgan fingerprint density at radius 1 is 1.43 bits per heavy atom. The zero-order valence-electron chi connectivity index (χ0n) is 6.98. The molecule has 0 aliphatic carbocycles. The van der Waals surface area contributed by atoms with Crippen molar-refractivity contribution in [2.24, 2.45) is 5.73 Å². The number of rotatable bonds is 2. The van der Waals surface area contributed by atoms with Gasteiger partial charge in [-0.05, 0) is 17.7 Å². The fraction of sp³-hybridized carbons (Fsp3) is 0.125. The van der Waals surface area contributed by atoms with Crippen LogP contribution in [0.4, 0.5) is 4.39 Å². The van der Waals surface area contributed by atoms with Crippen LogP contribution in [0.1, 0.15) is 11.6 Å². The van der Waals surface area contributed by atoms with Crippen LogP contribution < -0.4 is 5.73 Å². The summed E-state index contributed by atoms with van der Waals surface area (Å²) in [6.07, 6.45) is 0. The summed E-state index contributed by atoms with van der Waals surface area (Å²) in [5, 5.41) is 17.4. The highest BCUT2D eigenvalue weighted by Crippen LogP contribution is 2.19. The molecule has 1 rings (SSSR count). The molecular weight excluding hydrogens is 213 g/mol. The van der Waals surface area contributed by atoms with Gasteiger partial charge >= 0.3 is 5.97 Å². The molecule has 0 aliphatic rings. The van der Waals surface area contributed by atoms with Gasteiger partial charge in [-0.2, -0.15) is 0 Å². The molecule has 0 unspecified atom stereocenters. The maximum Gasteiger partial charge on any atom is 0.325 e. The molecule has 0 fully saturated rings. The van der Waals surface area contributed by atoms with Gasteiger partial charge < -0.3 is 15.9 Å². The van der Waals surface area contributed by atoms with Crippen LogP contribution in [-0.2, 0) is 4.79 Å². The molecule has 0 saturated carbocycles. The Morgan fingerprint density at radius 3 is 2.43 bits per heavy atom. The quantitative estimate of drug-likeness (QED) is 0.697. The number of halogens is 2. The van der Waals surface area contributed by atoms with Crippen molar-refractivity contribution < 1.29 is 19.4 Å². The molecule has 0 amide bonds. The average molecular weight is 222 g/mol. The summed E-state index contributed by atoms with van der Waals surface area (Å²) in [5.41, 5.74) is 5.23. The normalized spacial score (nSPS) is 11.6. The van der Waals surface area contributed by atoms with Gasteiger partial charge in [0.15, 0.2) is 0 Å². The maximum atomic E-state index is 12.6. The summed E-state index contributed by atoms with van der Waals surface area (Å²) in [6.45, 7) is 0. The van der Waals surface area contributed by atoms with Crippen LogP contribution in [0, 0.1) is 5.82 Å². The van der Waals surface area contributed by atoms with Gasteiger partial charge in [0.1, 0.15) is 17.6 Å². The van der Waals surface area contributed by atoms with Crippen molar-refractivity contribution in [3.05, 3.63) is 29.6 Å². The van der Waals surface area contributed by atoms with Crippen molar-refractivity contribution in [3.63, 3.8) is 0 Å². The lowest BCUT2D eigenvalue weighted by Crippen LogP contribution is -2.20. The lowest BCUT2D eigenvalue weighted by atomic mass is 10.1. The third kappa shape index (κ3) is 2.86. The minimum atomic E-state index is -1.32. The SMILES string of the molecule is Cl.N[C@H](C(=O)O)c1cc(O)cc(F)c1. The monoisotopic (exact) mass is 221 g/mol. The Balaban J connectivity index is 0.00000169. The minimum absolute atomic E-state index is 0. The van der Waals surface area contributed by atoms with E-state index in [9.17, 15) is 9.18 Å². The molecule has 0 aliphatic heterocycles. The molecule has 4 N–H and O–H groups in total. The van der Waals surface area contributed by atoms with Crippen molar-refractivity contribution in [1.82, 2.24) is 0 Å². The van der Waals surface area contributed by atoms with Crippen LogP contribution >= 0.6 is 12.4 Å². The van der Waals surface area contributed by atoms with Crippen molar-refractivity contribution in [2.45, 2.75) is 6.04 Å². The fourth-order valence-electron chi connectivity index (χ4n) is 0.918. The van der Waals surface area contributed by atoms with Gasteiger partial charge in [-0.15, -0.1) is 12.4 Å². The molecule has 1 aromatic rings. The zero-order valence-corrected chi connectivity index (χ0v) is 7.79. The lowest BCUT2D eigenvalue weighted by Gasteiger charge is -2.06. The number of carboxylic acid groups (broad SMARTS) is 1. The molecule has 0 spiro atoms. The molecule has 6 heteroatoms. The number of hydrogen-bond donors (Lipinski definition) is 3.